The third-order valence-electron chi connectivity index (χ3n) is 5.14. The van der Waals surface area contributed by atoms with Gasteiger partial charge in [-0.2, -0.15) is 0 Å². The van der Waals surface area contributed by atoms with Crippen molar-refractivity contribution in [2.75, 3.05) is 26.8 Å². The van der Waals surface area contributed by atoms with Crippen LogP contribution in [-0.2, 0) is 14.3 Å². The van der Waals surface area contributed by atoms with Gasteiger partial charge < -0.3 is 19.7 Å². The molecule has 2 aliphatic rings. The van der Waals surface area contributed by atoms with Gasteiger partial charge in [-0.1, -0.05) is 12.1 Å². The van der Waals surface area contributed by atoms with E-state index < -0.39 is 5.60 Å². The minimum atomic E-state index is -0.671. The van der Waals surface area contributed by atoms with Gasteiger partial charge in [0, 0.05) is 32.5 Å². The Kier molecular flexibility index (Phi) is 5.79. The van der Waals surface area contributed by atoms with Crippen LogP contribution < -0.4 is 10.1 Å². The van der Waals surface area contributed by atoms with Crippen molar-refractivity contribution in [2.45, 2.75) is 44.2 Å². The Morgan fingerprint density at radius 1 is 1.33 bits per heavy atom. The first-order valence-corrected chi connectivity index (χ1v) is 9.30. The van der Waals surface area contributed by atoms with Crippen LogP contribution in [0.2, 0.25) is 0 Å². The second-order valence-electron chi connectivity index (χ2n) is 7.37. The van der Waals surface area contributed by atoms with E-state index in [4.69, 9.17) is 9.47 Å². The summed E-state index contributed by atoms with van der Waals surface area (Å²) in [6, 6.07) is 7.10. The number of ketones is 1. The normalized spacial score (nSPS) is 23.4. The highest BCUT2D eigenvalue weighted by Gasteiger charge is 2.43. The van der Waals surface area contributed by atoms with Crippen LogP contribution in [0, 0.1) is 0 Å². The van der Waals surface area contributed by atoms with Gasteiger partial charge in [0.2, 0.25) is 11.8 Å². The van der Waals surface area contributed by atoms with Crippen molar-refractivity contribution >= 4 is 17.6 Å². The summed E-state index contributed by atoms with van der Waals surface area (Å²) in [6.07, 6.45) is 1.53. The van der Waals surface area contributed by atoms with E-state index in [1.165, 1.54) is 0 Å². The van der Waals surface area contributed by atoms with Crippen molar-refractivity contribution in [3.05, 3.63) is 29.8 Å². The van der Waals surface area contributed by atoms with Gasteiger partial charge in [-0.3, -0.25) is 14.4 Å². The molecule has 2 amide bonds. The molecule has 1 N–H and O–H groups in total. The van der Waals surface area contributed by atoms with E-state index in [9.17, 15) is 14.4 Å². The number of para-hydroxylation sites is 1. The first-order chi connectivity index (χ1) is 12.9. The zero-order valence-corrected chi connectivity index (χ0v) is 15.8. The maximum absolute atomic E-state index is 12.5. The topological polar surface area (TPSA) is 84.9 Å². The zero-order chi connectivity index (χ0) is 19.4. The summed E-state index contributed by atoms with van der Waals surface area (Å²) in [5, 5.41) is 2.82. The number of Topliss-reactive ketones (excluding diaryl/α,β-unsaturated/α-hetero) is 1. The number of fused-ring (bicyclic) bond motifs is 1. The maximum atomic E-state index is 12.5. The van der Waals surface area contributed by atoms with Crippen LogP contribution in [0.15, 0.2) is 24.3 Å². The minimum absolute atomic E-state index is 0.00744. The SMILES string of the molecule is COC[C@@H](C)NC(=O)CN1CC[C@@]2(CCC1=O)CC(=O)c1ccccc1O2. The second kappa shape index (κ2) is 8.08. The Labute approximate surface area is 159 Å². The lowest BCUT2D eigenvalue weighted by Crippen LogP contribution is -2.45. The average Bonchev–Trinajstić information content (AvgIpc) is 2.76. The van der Waals surface area contributed by atoms with Crippen LogP contribution in [0.1, 0.15) is 43.0 Å². The Balaban J connectivity index is 1.65. The summed E-state index contributed by atoms with van der Waals surface area (Å²) in [5.41, 5.74) is -0.0718. The quantitative estimate of drug-likeness (QED) is 0.845. The highest BCUT2D eigenvalue weighted by atomic mass is 16.5. The highest BCUT2D eigenvalue weighted by Crippen LogP contribution is 2.39. The van der Waals surface area contributed by atoms with Crippen molar-refractivity contribution in [2.24, 2.45) is 0 Å². The molecule has 3 rings (SSSR count). The van der Waals surface area contributed by atoms with Crippen LogP contribution in [0.4, 0.5) is 0 Å². The van der Waals surface area contributed by atoms with Gasteiger partial charge in [0.15, 0.2) is 5.78 Å². The summed E-state index contributed by atoms with van der Waals surface area (Å²) < 4.78 is 11.2. The van der Waals surface area contributed by atoms with E-state index in [0.29, 0.717) is 37.3 Å². The largest absolute Gasteiger partial charge is 0.486 e. The van der Waals surface area contributed by atoms with Crippen molar-refractivity contribution in [3.63, 3.8) is 0 Å². The van der Waals surface area contributed by atoms with Crippen LogP contribution in [0.5, 0.6) is 5.75 Å². The first-order valence-electron chi connectivity index (χ1n) is 9.30. The molecule has 2 atom stereocenters. The third kappa shape index (κ3) is 4.47. The molecule has 0 saturated carbocycles. The van der Waals surface area contributed by atoms with Gasteiger partial charge in [0.05, 0.1) is 25.1 Å². The molecule has 0 aliphatic carbocycles. The Morgan fingerprint density at radius 3 is 2.89 bits per heavy atom. The van der Waals surface area contributed by atoms with E-state index in [2.05, 4.69) is 5.32 Å². The Bertz CT molecular complexity index is 735. The second-order valence-corrected chi connectivity index (χ2v) is 7.37. The van der Waals surface area contributed by atoms with Crippen LogP contribution in [0.3, 0.4) is 0 Å². The molecule has 0 unspecified atom stereocenters. The molecule has 1 spiro atoms. The molecule has 0 radical (unpaired) electrons. The number of amides is 2. The van der Waals surface area contributed by atoms with Crippen molar-refractivity contribution in [1.29, 1.82) is 0 Å². The monoisotopic (exact) mass is 374 g/mol. The van der Waals surface area contributed by atoms with Gasteiger partial charge in [-0.05, 0) is 25.5 Å². The summed E-state index contributed by atoms with van der Waals surface area (Å²) >= 11 is 0. The maximum Gasteiger partial charge on any atom is 0.239 e. The number of rotatable bonds is 5. The molecule has 1 fully saturated rings. The molecule has 2 heterocycles. The average molecular weight is 374 g/mol. The highest BCUT2D eigenvalue weighted by molar-refractivity contribution is 6.00. The molecule has 1 aromatic carbocycles. The molecule has 7 heteroatoms. The number of hydrogen-bond donors (Lipinski definition) is 1. The van der Waals surface area contributed by atoms with E-state index in [0.717, 1.165) is 0 Å². The molecule has 27 heavy (non-hydrogen) atoms. The molecule has 0 bridgehead atoms. The summed E-state index contributed by atoms with van der Waals surface area (Å²) in [5.74, 6) is 0.329. The molecule has 1 aromatic rings. The number of nitrogens with one attached hydrogen (secondary N) is 1. The fraction of sp³-hybridized carbons (Fsp3) is 0.550. The van der Waals surface area contributed by atoms with E-state index in [1.54, 1.807) is 24.1 Å². The summed E-state index contributed by atoms with van der Waals surface area (Å²) in [6.45, 7) is 2.66. The number of nitrogens with zero attached hydrogens (tertiary/aromatic N) is 1. The number of methoxy groups -OCH3 is 1. The molecule has 2 aliphatic heterocycles. The number of benzene rings is 1. The molecular formula is C20H26N2O5. The molecule has 0 aromatic heterocycles. The fourth-order valence-electron chi connectivity index (χ4n) is 3.76. The van der Waals surface area contributed by atoms with Gasteiger partial charge >= 0.3 is 0 Å². The number of ether oxygens (including phenoxy) is 2. The molecule has 146 valence electrons. The smallest absolute Gasteiger partial charge is 0.239 e. The molecule has 7 nitrogen and oxygen atoms in total. The summed E-state index contributed by atoms with van der Waals surface area (Å²) in [7, 11) is 1.57. The number of hydrogen-bond acceptors (Lipinski definition) is 5. The zero-order valence-electron chi connectivity index (χ0n) is 15.8. The van der Waals surface area contributed by atoms with Crippen molar-refractivity contribution in [1.82, 2.24) is 10.2 Å². The number of carbonyl (C=O) groups excluding carboxylic acids is 3. The van der Waals surface area contributed by atoms with Gasteiger partial charge in [0.1, 0.15) is 11.4 Å². The predicted molar refractivity (Wildman–Crippen MR) is 98.7 cm³/mol. The first kappa shape index (κ1) is 19.4. The number of carbonyl (C=O) groups is 3. The predicted octanol–water partition coefficient (Wildman–Crippen LogP) is 1.55. The van der Waals surface area contributed by atoms with E-state index in [1.807, 2.05) is 19.1 Å². The number of likely N-dealkylation sites (tertiary alicyclic amines) is 1. The van der Waals surface area contributed by atoms with Crippen LogP contribution in [-0.4, -0.2) is 60.9 Å². The summed E-state index contributed by atoms with van der Waals surface area (Å²) in [4.78, 5) is 38.8. The Morgan fingerprint density at radius 2 is 2.11 bits per heavy atom. The van der Waals surface area contributed by atoms with Crippen molar-refractivity contribution < 1.29 is 23.9 Å². The lowest BCUT2D eigenvalue weighted by atomic mass is 9.84. The fourth-order valence-corrected chi connectivity index (χ4v) is 3.76. The lowest BCUT2D eigenvalue weighted by Gasteiger charge is -2.37. The molecular weight excluding hydrogens is 348 g/mol. The van der Waals surface area contributed by atoms with E-state index in [-0.39, 0.29) is 43.0 Å². The van der Waals surface area contributed by atoms with Gasteiger partial charge in [-0.15, -0.1) is 0 Å². The lowest BCUT2D eigenvalue weighted by molar-refractivity contribution is -0.135. The van der Waals surface area contributed by atoms with Crippen LogP contribution in [0.25, 0.3) is 0 Å². The van der Waals surface area contributed by atoms with Crippen LogP contribution >= 0.6 is 0 Å². The Hall–Kier alpha value is -2.41. The van der Waals surface area contributed by atoms with Crippen molar-refractivity contribution in [3.8, 4) is 5.75 Å². The van der Waals surface area contributed by atoms with Gasteiger partial charge in [-0.25, -0.2) is 0 Å². The minimum Gasteiger partial charge on any atom is -0.486 e. The van der Waals surface area contributed by atoms with Gasteiger partial charge in [0.25, 0.3) is 0 Å². The third-order valence-corrected chi connectivity index (χ3v) is 5.14. The molecule has 1 saturated heterocycles. The standard InChI is InChI=1S/C20H26N2O5/c1-14(13-26-2)21-18(24)12-22-10-9-20(8-7-19(22)25)11-16(23)15-5-3-4-6-17(15)27-20/h3-6,14H,7-13H2,1-2H3,(H,21,24)/t14-,20+/m1/s1. The van der Waals surface area contributed by atoms with E-state index >= 15 is 0 Å².